The monoisotopic (exact) mass is 272 g/mol. The molecule has 0 atom stereocenters. The second-order valence-corrected chi connectivity index (χ2v) is 4.52. The van der Waals surface area contributed by atoms with E-state index in [0.29, 0.717) is 12.4 Å². The van der Waals surface area contributed by atoms with Gasteiger partial charge in [-0.05, 0) is 25.0 Å². The van der Waals surface area contributed by atoms with Crippen LogP contribution >= 0.6 is 0 Å². The Morgan fingerprint density at radius 1 is 1.35 bits per heavy atom. The first-order valence-electron chi connectivity index (χ1n) is 6.26. The summed E-state index contributed by atoms with van der Waals surface area (Å²) in [6, 6.07) is 11.2. The van der Waals surface area contributed by atoms with Crippen molar-refractivity contribution >= 4 is 17.3 Å². The SMILES string of the molecule is Cc1cccc(CCNc2ccc([N+](=O)[O-])c(N)n2)c1. The fourth-order valence-corrected chi connectivity index (χ4v) is 1.92. The molecule has 6 heteroatoms. The number of nitrogen functional groups attached to an aromatic ring is 1. The third kappa shape index (κ3) is 3.44. The highest BCUT2D eigenvalue weighted by Gasteiger charge is 2.12. The number of aromatic nitrogens is 1. The van der Waals surface area contributed by atoms with Crippen molar-refractivity contribution in [2.45, 2.75) is 13.3 Å². The van der Waals surface area contributed by atoms with Gasteiger partial charge in [0.15, 0.2) is 0 Å². The smallest absolute Gasteiger partial charge is 0.311 e. The van der Waals surface area contributed by atoms with Crippen LogP contribution in [0.25, 0.3) is 0 Å². The van der Waals surface area contributed by atoms with Gasteiger partial charge < -0.3 is 11.1 Å². The molecule has 1 heterocycles. The first-order chi connectivity index (χ1) is 9.56. The molecule has 20 heavy (non-hydrogen) atoms. The second-order valence-electron chi connectivity index (χ2n) is 4.52. The Bertz CT molecular complexity index is 628. The first kappa shape index (κ1) is 13.8. The lowest BCUT2D eigenvalue weighted by atomic mass is 10.1. The van der Waals surface area contributed by atoms with Crippen molar-refractivity contribution in [1.29, 1.82) is 0 Å². The Morgan fingerprint density at radius 2 is 2.15 bits per heavy atom. The number of nitrogens with one attached hydrogen (secondary N) is 1. The van der Waals surface area contributed by atoms with E-state index in [1.165, 1.54) is 17.2 Å². The van der Waals surface area contributed by atoms with Gasteiger partial charge in [0.05, 0.1) is 4.92 Å². The lowest BCUT2D eigenvalue weighted by Gasteiger charge is -2.07. The summed E-state index contributed by atoms with van der Waals surface area (Å²) in [5, 5.41) is 13.7. The maximum atomic E-state index is 10.6. The highest BCUT2D eigenvalue weighted by molar-refractivity contribution is 5.57. The number of hydrogen-bond donors (Lipinski definition) is 2. The molecule has 0 aliphatic heterocycles. The van der Waals surface area contributed by atoms with Gasteiger partial charge in [-0.25, -0.2) is 4.98 Å². The van der Waals surface area contributed by atoms with Crippen LogP contribution in [0.5, 0.6) is 0 Å². The van der Waals surface area contributed by atoms with Crippen LogP contribution < -0.4 is 11.1 Å². The van der Waals surface area contributed by atoms with Gasteiger partial charge in [-0.3, -0.25) is 10.1 Å². The van der Waals surface area contributed by atoms with E-state index in [4.69, 9.17) is 5.73 Å². The van der Waals surface area contributed by atoms with Gasteiger partial charge in [-0.2, -0.15) is 0 Å². The zero-order valence-corrected chi connectivity index (χ0v) is 11.2. The Hall–Kier alpha value is -2.63. The topological polar surface area (TPSA) is 94.1 Å². The Morgan fingerprint density at radius 3 is 2.80 bits per heavy atom. The van der Waals surface area contributed by atoms with Crippen molar-refractivity contribution in [3.8, 4) is 0 Å². The molecule has 0 amide bonds. The van der Waals surface area contributed by atoms with Gasteiger partial charge in [0, 0.05) is 12.6 Å². The summed E-state index contributed by atoms with van der Waals surface area (Å²) in [6.45, 7) is 2.74. The van der Waals surface area contributed by atoms with Crippen molar-refractivity contribution in [3.63, 3.8) is 0 Å². The molecule has 0 saturated carbocycles. The highest BCUT2D eigenvalue weighted by Crippen LogP contribution is 2.20. The molecular weight excluding hydrogens is 256 g/mol. The zero-order valence-electron chi connectivity index (χ0n) is 11.2. The van der Waals surface area contributed by atoms with Crippen LogP contribution in [0, 0.1) is 17.0 Å². The molecule has 0 radical (unpaired) electrons. The van der Waals surface area contributed by atoms with E-state index < -0.39 is 4.92 Å². The van der Waals surface area contributed by atoms with E-state index in [-0.39, 0.29) is 11.5 Å². The Kier molecular flexibility index (Phi) is 4.14. The molecule has 0 aliphatic carbocycles. The van der Waals surface area contributed by atoms with Crippen molar-refractivity contribution in [1.82, 2.24) is 4.98 Å². The molecule has 0 spiro atoms. The molecular formula is C14H16N4O2. The molecule has 0 bridgehead atoms. The summed E-state index contributed by atoms with van der Waals surface area (Å²) in [5.41, 5.74) is 7.81. The highest BCUT2D eigenvalue weighted by atomic mass is 16.6. The number of nitrogens with two attached hydrogens (primary N) is 1. The van der Waals surface area contributed by atoms with Crippen LogP contribution in [0.15, 0.2) is 36.4 Å². The number of nitrogens with zero attached hydrogens (tertiary/aromatic N) is 2. The molecule has 3 N–H and O–H groups in total. The van der Waals surface area contributed by atoms with E-state index in [0.717, 1.165) is 6.42 Å². The maximum absolute atomic E-state index is 10.6. The van der Waals surface area contributed by atoms with Crippen LogP contribution in [0.2, 0.25) is 0 Å². The van der Waals surface area contributed by atoms with Crippen molar-refractivity contribution in [3.05, 3.63) is 57.6 Å². The molecule has 0 fully saturated rings. The van der Waals surface area contributed by atoms with Crippen LogP contribution in [0.3, 0.4) is 0 Å². The fraction of sp³-hybridized carbons (Fsp3) is 0.214. The quantitative estimate of drug-likeness (QED) is 0.644. The molecule has 1 aromatic carbocycles. The summed E-state index contributed by atoms with van der Waals surface area (Å²) in [4.78, 5) is 14.1. The first-order valence-corrected chi connectivity index (χ1v) is 6.26. The van der Waals surface area contributed by atoms with Crippen LogP contribution in [0.1, 0.15) is 11.1 Å². The predicted molar refractivity (Wildman–Crippen MR) is 78.7 cm³/mol. The summed E-state index contributed by atoms with van der Waals surface area (Å²) < 4.78 is 0. The number of anilines is 2. The molecule has 1 aromatic heterocycles. The Labute approximate surface area is 116 Å². The Balaban J connectivity index is 1.94. The van der Waals surface area contributed by atoms with E-state index in [1.807, 2.05) is 6.07 Å². The number of nitro groups is 1. The van der Waals surface area contributed by atoms with Gasteiger partial charge in [0.25, 0.3) is 0 Å². The minimum absolute atomic E-state index is 0.0736. The molecule has 104 valence electrons. The average molecular weight is 272 g/mol. The van der Waals surface area contributed by atoms with Gasteiger partial charge in [-0.15, -0.1) is 0 Å². The minimum atomic E-state index is -0.543. The van der Waals surface area contributed by atoms with Crippen molar-refractivity contribution < 1.29 is 4.92 Å². The number of pyridine rings is 1. The standard InChI is InChI=1S/C14H16N4O2/c1-10-3-2-4-11(9-10)7-8-16-13-6-5-12(18(19)20)14(15)17-13/h2-6,9H,7-8H2,1H3,(H3,15,16,17). The van der Waals surface area contributed by atoms with Crippen LogP contribution in [-0.2, 0) is 6.42 Å². The summed E-state index contributed by atoms with van der Waals surface area (Å²) >= 11 is 0. The van der Waals surface area contributed by atoms with E-state index in [2.05, 4.69) is 35.4 Å². The second kappa shape index (κ2) is 6.01. The molecule has 0 saturated heterocycles. The lowest BCUT2D eigenvalue weighted by Crippen LogP contribution is -2.08. The zero-order chi connectivity index (χ0) is 14.5. The predicted octanol–water partition coefficient (Wildman–Crippen LogP) is 2.54. The van der Waals surface area contributed by atoms with Crippen molar-refractivity contribution in [2.75, 3.05) is 17.6 Å². The number of hydrogen-bond acceptors (Lipinski definition) is 5. The average Bonchev–Trinajstić information content (AvgIpc) is 2.38. The van der Waals surface area contributed by atoms with Crippen molar-refractivity contribution in [2.24, 2.45) is 0 Å². The minimum Gasteiger partial charge on any atom is -0.378 e. The number of aryl methyl sites for hydroxylation is 1. The molecule has 0 aliphatic rings. The largest absolute Gasteiger partial charge is 0.378 e. The van der Waals surface area contributed by atoms with Gasteiger partial charge in [-0.1, -0.05) is 29.8 Å². The summed E-state index contributed by atoms with van der Waals surface area (Å²) in [7, 11) is 0. The van der Waals surface area contributed by atoms with E-state index in [9.17, 15) is 10.1 Å². The molecule has 0 unspecified atom stereocenters. The lowest BCUT2D eigenvalue weighted by molar-refractivity contribution is -0.384. The summed E-state index contributed by atoms with van der Waals surface area (Å²) in [5.74, 6) is 0.469. The third-order valence-electron chi connectivity index (χ3n) is 2.90. The van der Waals surface area contributed by atoms with Crippen LogP contribution in [0.4, 0.5) is 17.3 Å². The number of rotatable bonds is 5. The third-order valence-corrected chi connectivity index (χ3v) is 2.90. The van der Waals surface area contributed by atoms with E-state index in [1.54, 1.807) is 6.07 Å². The normalized spacial score (nSPS) is 10.2. The van der Waals surface area contributed by atoms with E-state index >= 15 is 0 Å². The van der Waals surface area contributed by atoms with Gasteiger partial charge in [0.2, 0.25) is 5.82 Å². The van der Waals surface area contributed by atoms with Crippen LogP contribution in [-0.4, -0.2) is 16.5 Å². The maximum Gasteiger partial charge on any atom is 0.311 e. The number of benzene rings is 1. The summed E-state index contributed by atoms with van der Waals surface area (Å²) in [6.07, 6.45) is 0.847. The molecule has 2 aromatic rings. The molecule has 6 nitrogen and oxygen atoms in total. The van der Waals surface area contributed by atoms with Gasteiger partial charge in [0.1, 0.15) is 5.82 Å². The molecule has 2 rings (SSSR count). The fourth-order valence-electron chi connectivity index (χ4n) is 1.92. The van der Waals surface area contributed by atoms with Gasteiger partial charge >= 0.3 is 5.69 Å².